The molecular weight excluding hydrogens is 290 g/mol. The number of nitrogens with zero attached hydrogens (tertiary/aromatic N) is 3. The van der Waals surface area contributed by atoms with E-state index in [-0.39, 0.29) is 29.3 Å². The van der Waals surface area contributed by atoms with Crippen molar-refractivity contribution in [1.29, 1.82) is 0 Å². The van der Waals surface area contributed by atoms with Gasteiger partial charge in [-0.3, -0.25) is 4.84 Å². The van der Waals surface area contributed by atoms with Crippen molar-refractivity contribution < 1.29 is 18.0 Å². The van der Waals surface area contributed by atoms with E-state index in [0.717, 1.165) is 10.7 Å². The summed E-state index contributed by atoms with van der Waals surface area (Å²) in [6.45, 7) is 2.01. The Labute approximate surface area is 116 Å². The maximum absolute atomic E-state index is 12.1. The molecule has 7 nitrogen and oxygen atoms in total. The maximum Gasteiger partial charge on any atom is 0.284 e. The molecule has 1 unspecified atom stereocenters. The molecule has 2 heterocycles. The molecule has 1 aromatic heterocycles. The lowest BCUT2D eigenvalue weighted by Gasteiger charge is -2.12. The van der Waals surface area contributed by atoms with Crippen molar-refractivity contribution in [3.05, 3.63) is 12.4 Å². The molecule has 1 aromatic rings. The molecule has 0 radical (unpaired) electrons. The number of sulfonamides is 1. The van der Waals surface area contributed by atoms with Crippen LogP contribution in [0.3, 0.4) is 0 Å². The van der Waals surface area contributed by atoms with E-state index in [9.17, 15) is 8.42 Å². The van der Waals surface area contributed by atoms with Gasteiger partial charge in [0.15, 0.2) is 5.03 Å². The first-order valence-electron chi connectivity index (χ1n) is 5.28. The predicted molar refractivity (Wildman–Crippen MR) is 68.7 cm³/mol. The highest BCUT2D eigenvalue weighted by Crippen LogP contribution is 2.20. The molecule has 1 atom stereocenters. The standard InChI is InChI=1S/C10H11N3O4S2/c1-2-3-16-9-4-12-10(5-11-9)19(14,15)13-6-8(18)7-17-13/h4-5,8,18H,6-7H2,1H3. The van der Waals surface area contributed by atoms with Gasteiger partial charge in [-0.25, -0.2) is 18.4 Å². The smallest absolute Gasteiger partial charge is 0.284 e. The Morgan fingerprint density at radius 2 is 2.32 bits per heavy atom. The summed E-state index contributed by atoms with van der Waals surface area (Å²) in [5.74, 6) is 2.64. The number of thiol groups is 1. The van der Waals surface area contributed by atoms with Gasteiger partial charge in [0, 0.05) is 12.2 Å². The van der Waals surface area contributed by atoms with E-state index in [1.54, 1.807) is 6.92 Å². The average molecular weight is 301 g/mol. The lowest BCUT2D eigenvalue weighted by Crippen LogP contribution is -2.28. The Hall–Kier alpha value is -1.34. The first kappa shape index (κ1) is 14.1. The average Bonchev–Trinajstić information content (AvgIpc) is 2.84. The summed E-state index contributed by atoms with van der Waals surface area (Å²) in [7, 11) is -3.81. The zero-order chi connectivity index (χ0) is 13.9. The fraction of sp³-hybridized carbons (Fsp3) is 0.400. The van der Waals surface area contributed by atoms with Gasteiger partial charge >= 0.3 is 0 Å². The lowest BCUT2D eigenvalue weighted by molar-refractivity contribution is -0.0285. The van der Waals surface area contributed by atoms with Crippen molar-refractivity contribution in [3.8, 4) is 17.9 Å². The normalized spacial score (nSPS) is 19.8. The van der Waals surface area contributed by atoms with Gasteiger partial charge in [0.05, 0.1) is 25.5 Å². The fourth-order valence-corrected chi connectivity index (χ4v) is 2.79. The molecule has 9 heteroatoms. The summed E-state index contributed by atoms with van der Waals surface area (Å²) in [5.41, 5.74) is 0. The van der Waals surface area contributed by atoms with Crippen molar-refractivity contribution in [3.63, 3.8) is 0 Å². The SMILES string of the molecule is CC#COc1cnc(S(=O)(=O)N2CC(S)CO2)cn1. The second-order valence-electron chi connectivity index (χ2n) is 3.59. The van der Waals surface area contributed by atoms with Crippen LogP contribution in [0.25, 0.3) is 0 Å². The highest BCUT2D eigenvalue weighted by atomic mass is 32.2. The summed E-state index contributed by atoms with van der Waals surface area (Å²) in [5, 5.41) is -0.364. The van der Waals surface area contributed by atoms with Crippen molar-refractivity contribution >= 4 is 22.7 Å². The minimum atomic E-state index is -3.81. The van der Waals surface area contributed by atoms with E-state index in [2.05, 4.69) is 34.6 Å². The highest BCUT2D eigenvalue weighted by Gasteiger charge is 2.33. The van der Waals surface area contributed by atoms with Crippen molar-refractivity contribution in [2.75, 3.05) is 13.2 Å². The molecule has 2 rings (SSSR count). The molecule has 1 aliphatic heterocycles. The van der Waals surface area contributed by atoms with Crippen molar-refractivity contribution in [1.82, 2.24) is 14.4 Å². The van der Waals surface area contributed by atoms with Crippen LogP contribution < -0.4 is 4.74 Å². The highest BCUT2D eigenvalue weighted by molar-refractivity contribution is 7.89. The quantitative estimate of drug-likeness (QED) is 0.628. The van der Waals surface area contributed by atoms with Gasteiger partial charge in [0.2, 0.25) is 5.88 Å². The number of hydrogen-bond acceptors (Lipinski definition) is 7. The van der Waals surface area contributed by atoms with Crippen LogP contribution in [0.5, 0.6) is 5.88 Å². The molecule has 1 aliphatic rings. The number of aromatic nitrogens is 2. The first-order chi connectivity index (χ1) is 9.04. The molecule has 0 aromatic carbocycles. The van der Waals surface area contributed by atoms with E-state index in [1.165, 1.54) is 6.20 Å². The van der Waals surface area contributed by atoms with Crippen LogP contribution >= 0.6 is 12.6 Å². The molecular formula is C10H11N3O4S2. The van der Waals surface area contributed by atoms with Crippen LogP contribution in [0.2, 0.25) is 0 Å². The van der Waals surface area contributed by atoms with Gasteiger partial charge in [-0.15, -0.1) is 0 Å². The molecule has 102 valence electrons. The Morgan fingerprint density at radius 3 is 2.84 bits per heavy atom. The van der Waals surface area contributed by atoms with Gasteiger partial charge in [0.1, 0.15) is 6.11 Å². The van der Waals surface area contributed by atoms with Gasteiger partial charge in [-0.05, 0) is 0 Å². The molecule has 0 aliphatic carbocycles. The van der Waals surface area contributed by atoms with E-state index < -0.39 is 10.0 Å². The summed E-state index contributed by atoms with van der Waals surface area (Å²) < 4.78 is 29.9. The van der Waals surface area contributed by atoms with E-state index in [4.69, 9.17) is 9.57 Å². The van der Waals surface area contributed by atoms with Crippen molar-refractivity contribution in [2.24, 2.45) is 0 Å². The van der Waals surface area contributed by atoms with Gasteiger partial charge in [0.25, 0.3) is 10.0 Å². The molecule has 1 saturated heterocycles. The topological polar surface area (TPSA) is 81.6 Å². The molecule has 0 N–H and O–H groups in total. The monoisotopic (exact) mass is 301 g/mol. The molecule has 0 amide bonds. The van der Waals surface area contributed by atoms with Gasteiger partial charge < -0.3 is 4.74 Å². The van der Waals surface area contributed by atoms with Crippen molar-refractivity contribution in [2.45, 2.75) is 17.2 Å². The number of hydroxylamine groups is 1. The molecule has 0 saturated carbocycles. The number of hydrogen-bond donors (Lipinski definition) is 1. The third-order valence-electron chi connectivity index (χ3n) is 2.17. The Balaban J connectivity index is 2.18. The summed E-state index contributed by atoms with van der Waals surface area (Å²) in [4.78, 5) is 12.6. The van der Waals surface area contributed by atoms with Crippen LogP contribution in [0, 0.1) is 12.0 Å². The minimum Gasteiger partial charge on any atom is -0.386 e. The molecule has 0 bridgehead atoms. The Morgan fingerprint density at radius 1 is 1.53 bits per heavy atom. The third kappa shape index (κ3) is 3.16. The second-order valence-corrected chi connectivity index (χ2v) is 6.09. The van der Waals surface area contributed by atoms with E-state index >= 15 is 0 Å². The summed E-state index contributed by atoms with van der Waals surface area (Å²) in [6.07, 6.45) is 4.62. The number of rotatable bonds is 3. The Kier molecular flexibility index (Phi) is 4.26. The molecule has 1 fully saturated rings. The number of ether oxygens (including phenoxy) is 1. The van der Waals surface area contributed by atoms with Gasteiger partial charge in [-0.1, -0.05) is 10.4 Å². The minimum absolute atomic E-state index is 0.128. The van der Waals surface area contributed by atoms with Crippen LogP contribution in [0.1, 0.15) is 6.92 Å². The zero-order valence-electron chi connectivity index (χ0n) is 9.98. The second kappa shape index (κ2) is 5.75. The lowest BCUT2D eigenvalue weighted by atomic mass is 10.5. The van der Waals surface area contributed by atoms with E-state index in [0.29, 0.717) is 0 Å². The third-order valence-corrected chi connectivity index (χ3v) is 4.01. The first-order valence-corrected chi connectivity index (χ1v) is 7.24. The summed E-state index contributed by atoms with van der Waals surface area (Å²) >= 11 is 4.15. The largest absolute Gasteiger partial charge is 0.386 e. The van der Waals surface area contributed by atoms with Crippen LogP contribution in [-0.2, 0) is 14.9 Å². The predicted octanol–water partition coefficient (Wildman–Crippen LogP) is 0.0705. The van der Waals surface area contributed by atoms with Crippen LogP contribution in [0.15, 0.2) is 17.4 Å². The fourth-order valence-electron chi connectivity index (χ4n) is 1.31. The van der Waals surface area contributed by atoms with Crippen LogP contribution in [-0.4, -0.2) is 41.3 Å². The van der Waals surface area contributed by atoms with Gasteiger partial charge in [-0.2, -0.15) is 12.6 Å². The van der Waals surface area contributed by atoms with Crippen LogP contribution in [0.4, 0.5) is 0 Å². The maximum atomic E-state index is 12.1. The summed E-state index contributed by atoms with van der Waals surface area (Å²) in [6, 6.07) is 0. The zero-order valence-corrected chi connectivity index (χ0v) is 11.7. The van der Waals surface area contributed by atoms with E-state index in [1.807, 2.05) is 0 Å². The molecule has 0 spiro atoms. The Bertz CT molecular complexity index is 606. The molecule has 19 heavy (non-hydrogen) atoms.